The van der Waals surface area contributed by atoms with Crippen LogP contribution in [0.2, 0.25) is 0 Å². The van der Waals surface area contributed by atoms with Crippen LogP contribution in [-0.2, 0) is 17.8 Å². The average molecular weight is 254 g/mol. The van der Waals surface area contributed by atoms with Gasteiger partial charge in [-0.1, -0.05) is 32.9 Å². The van der Waals surface area contributed by atoms with Gasteiger partial charge in [0.15, 0.2) is 0 Å². The number of nitrogens with zero attached hydrogens (tertiary/aromatic N) is 3. The lowest BCUT2D eigenvalue weighted by atomic mass is 10.2. The Bertz CT molecular complexity index is 323. The monoisotopic (exact) mass is 254 g/mol. The number of ether oxygens (including phenoxy) is 1. The zero-order valence-corrected chi connectivity index (χ0v) is 12.0. The first kappa shape index (κ1) is 15.1. The molecule has 0 fully saturated rings. The van der Waals surface area contributed by atoms with Crippen molar-refractivity contribution in [2.45, 2.75) is 40.8 Å². The SMILES string of the molecule is CC(C)CNCc1cn(CCOCC(C)C)nn1. The Kier molecular flexibility index (Phi) is 6.90. The zero-order valence-electron chi connectivity index (χ0n) is 12.0. The maximum absolute atomic E-state index is 5.52. The van der Waals surface area contributed by atoms with E-state index in [4.69, 9.17) is 4.74 Å². The van der Waals surface area contributed by atoms with E-state index in [-0.39, 0.29) is 0 Å². The zero-order chi connectivity index (χ0) is 13.4. The summed E-state index contributed by atoms with van der Waals surface area (Å²) in [5.74, 6) is 1.24. The maximum Gasteiger partial charge on any atom is 0.0964 e. The summed E-state index contributed by atoms with van der Waals surface area (Å²) < 4.78 is 7.36. The van der Waals surface area contributed by atoms with Gasteiger partial charge in [-0.3, -0.25) is 0 Å². The van der Waals surface area contributed by atoms with Gasteiger partial charge in [0.05, 0.1) is 18.8 Å². The Morgan fingerprint density at radius 1 is 1.28 bits per heavy atom. The van der Waals surface area contributed by atoms with Crippen LogP contribution < -0.4 is 5.32 Å². The Morgan fingerprint density at radius 3 is 2.72 bits per heavy atom. The van der Waals surface area contributed by atoms with Gasteiger partial charge < -0.3 is 10.1 Å². The molecule has 0 aliphatic heterocycles. The first-order valence-corrected chi connectivity index (χ1v) is 6.75. The minimum absolute atomic E-state index is 0.580. The first-order chi connectivity index (χ1) is 8.58. The summed E-state index contributed by atoms with van der Waals surface area (Å²) in [5.41, 5.74) is 0.986. The predicted octanol–water partition coefficient (Wildman–Crippen LogP) is 1.70. The third-order valence-corrected chi connectivity index (χ3v) is 2.36. The molecule has 0 saturated heterocycles. The van der Waals surface area contributed by atoms with E-state index in [1.165, 1.54) is 0 Å². The normalized spacial score (nSPS) is 11.7. The Balaban J connectivity index is 2.17. The van der Waals surface area contributed by atoms with Gasteiger partial charge >= 0.3 is 0 Å². The third kappa shape index (κ3) is 6.71. The number of rotatable bonds is 9. The summed E-state index contributed by atoms with van der Waals surface area (Å²) in [6.07, 6.45) is 1.98. The molecule has 1 aromatic rings. The van der Waals surface area contributed by atoms with Crippen molar-refractivity contribution >= 4 is 0 Å². The van der Waals surface area contributed by atoms with Crippen molar-refractivity contribution in [1.82, 2.24) is 20.3 Å². The van der Waals surface area contributed by atoms with Gasteiger partial charge in [-0.25, -0.2) is 4.68 Å². The van der Waals surface area contributed by atoms with Crippen molar-refractivity contribution in [3.63, 3.8) is 0 Å². The first-order valence-electron chi connectivity index (χ1n) is 6.75. The van der Waals surface area contributed by atoms with E-state index in [0.717, 1.165) is 31.9 Å². The molecule has 1 aromatic heterocycles. The predicted molar refractivity (Wildman–Crippen MR) is 72.2 cm³/mol. The summed E-state index contributed by atoms with van der Waals surface area (Å²) in [5, 5.41) is 11.5. The second-order valence-electron chi connectivity index (χ2n) is 5.47. The summed E-state index contributed by atoms with van der Waals surface area (Å²) in [6.45, 7) is 12.7. The van der Waals surface area contributed by atoms with Crippen molar-refractivity contribution in [2.75, 3.05) is 19.8 Å². The van der Waals surface area contributed by atoms with Gasteiger partial charge in [-0.2, -0.15) is 0 Å². The average Bonchev–Trinajstić information content (AvgIpc) is 2.72. The summed E-state index contributed by atoms with van der Waals surface area (Å²) >= 11 is 0. The molecule has 0 spiro atoms. The molecule has 1 heterocycles. The molecule has 1 N–H and O–H groups in total. The molecular formula is C13H26N4O. The summed E-state index contributed by atoms with van der Waals surface area (Å²) in [4.78, 5) is 0. The van der Waals surface area contributed by atoms with Crippen LogP contribution in [0.15, 0.2) is 6.20 Å². The lowest BCUT2D eigenvalue weighted by Crippen LogP contribution is -2.19. The highest BCUT2D eigenvalue weighted by Gasteiger charge is 2.01. The molecule has 0 amide bonds. The largest absolute Gasteiger partial charge is 0.379 e. The van der Waals surface area contributed by atoms with Crippen LogP contribution in [0.5, 0.6) is 0 Å². The minimum Gasteiger partial charge on any atom is -0.379 e. The molecule has 0 atom stereocenters. The topological polar surface area (TPSA) is 52.0 Å². The molecular weight excluding hydrogens is 228 g/mol. The third-order valence-electron chi connectivity index (χ3n) is 2.36. The van der Waals surface area contributed by atoms with Crippen molar-refractivity contribution in [2.24, 2.45) is 11.8 Å². The summed E-state index contributed by atoms with van der Waals surface area (Å²) in [7, 11) is 0. The highest BCUT2D eigenvalue weighted by molar-refractivity contribution is 4.91. The molecule has 0 aliphatic rings. The fraction of sp³-hybridized carbons (Fsp3) is 0.846. The highest BCUT2D eigenvalue weighted by atomic mass is 16.5. The van der Waals surface area contributed by atoms with E-state index in [2.05, 4.69) is 43.3 Å². The van der Waals surface area contributed by atoms with Crippen LogP contribution in [0.4, 0.5) is 0 Å². The quantitative estimate of drug-likeness (QED) is 0.681. The molecule has 0 radical (unpaired) electrons. The number of aromatic nitrogens is 3. The van der Waals surface area contributed by atoms with E-state index < -0.39 is 0 Å². The Hall–Kier alpha value is -0.940. The molecule has 0 saturated carbocycles. The number of hydrogen-bond donors (Lipinski definition) is 1. The molecule has 0 bridgehead atoms. The molecule has 0 aromatic carbocycles. The highest BCUT2D eigenvalue weighted by Crippen LogP contribution is 1.96. The second kappa shape index (κ2) is 8.21. The van der Waals surface area contributed by atoms with Crippen molar-refractivity contribution in [3.05, 3.63) is 11.9 Å². The van der Waals surface area contributed by atoms with Crippen molar-refractivity contribution < 1.29 is 4.74 Å². The van der Waals surface area contributed by atoms with Gasteiger partial charge in [0.1, 0.15) is 0 Å². The fourth-order valence-electron chi connectivity index (χ4n) is 1.49. The molecule has 0 aliphatic carbocycles. The van der Waals surface area contributed by atoms with Gasteiger partial charge in [-0.05, 0) is 18.4 Å². The number of hydrogen-bond acceptors (Lipinski definition) is 4. The second-order valence-corrected chi connectivity index (χ2v) is 5.47. The van der Waals surface area contributed by atoms with E-state index >= 15 is 0 Å². The molecule has 0 unspecified atom stereocenters. The Morgan fingerprint density at radius 2 is 2.06 bits per heavy atom. The smallest absolute Gasteiger partial charge is 0.0964 e. The lowest BCUT2D eigenvalue weighted by Gasteiger charge is -2.06. The van der Waals surface area contributed by atoms with E-state index in [0.29, 0.717) is 18.4 Å². The molecule has 1 rings (SSSR count). The Labute approximate surface area is 110 Å². The van der Waals surface area contributed by atoms with Crippen molar-refractivity contribution in [1.29, 1.82) is 0 Å². The molecule has 18 heavy (non-hydrogen) atoms. The minimum atomic E-state index is 0.580. The molecule has 5 heteroatoms. The van der Waals surface area contributed by atoms with Crippen LogP contribution in [0.3, 0.4) is 0 Å². The molecule has 5 nitrogen and oxygen atoms in total. The van der Waals surface area contributed by atoms with E-state index in [9.17, 15) is 0 Å². The summed E-state index contributed by atoms with van der Waals surface area (Å²) in [6, 6.07) is 0. The molecule has 104 valence electrons. The van der Waals surface area contributed by atoms with E-state index in [1.807, 2.05) is 10.9 Å². The van der Waals surface area contributed by atoms with Crippen molar-refractivity contribution in [3.8, 4) is 0 Å². The lowest BCUT2D eigenvalue weighted by molar-refractivity contribution is 0.101. The van der Waals surface area contributed by atoms with Gasteiger partial charge in [0.25, 0.3) is 0 Å². The van der Waals surface area contributed by atoms with E-state index in [1.54, 1.807) is 0 Å². The fourth-order valence-corrected chi connectivity index (χ4v) is 1.49. The van der Waals surface area contributed by atoms with Crippen LogP contribution in [0.1, 0.15) is 33.4 Å². The van der Waals surface area contributed by atoms with Crippen LogP contribution in [0, 0.1) is 11.8 Å². The van der Waals surface area contributed by atoms with Crippen LogP contribution >= 0.6 is 0 Å². The van der Waals surface area contributed by atoms with Gasteiger partial charge in [0, 0.05) is 19.3 Å². The van der Waals surface area contributed by atoms with Crippen LogP contribution in [-0.4, -0.2) is 34.8 Å². The maximum atomic E-state index is 5.52. The van der Waals surface area contributed by atoms with Gasteiger partial charge in [-0.15, -0.1) is 5.10 Å². The number of nitrogens with one attached hydrogen (secondary N) is 1. The van der Waals surface area contributed by atoms with Crippen LogP contribution in [0.25, 0.3) is 0 Å². The standard InChI is InChI=1S/C13H26N4O/c1-11(2)7-14-8-13-9-17(16-15-13)5-6-18-10-12(3)4/h9,11-12,14H,5-8,10H2,1-4H3. The van der Waals surface area contributed by atoms with Gasteiger partial charge in [0.2, 0.25) is 0 Å².